The molecule has 16 heavy (non-hydrogen) atoms. The first-order chi connectivity index (χ1) is 7.51. The summed E-state index contributed by atoms with van der Waals surface area (Å²) < 4.78 is 25.2. The van der Waals surface area contributed by atoms with Crippen LogP contribution in [0, 0.1) is 11.3 Å². The molecule has 0 aliphatic heterocycles. The van der Waals surface area contributed by atoms with Crippen molar-refractivity contribution in [2.24, 2.45) is 5.73 Å². The first kappa shape index (κ1) is 12.1. The van der Waals surface area contributed by atoms with Crippen LogP contribution in [0.3, 0.4) is 0 Å². The summed E-state index contributed by atoms with van der Waals surface area (Å²) in [6.07, 6.45) is -2.86. The highest BCUT2D eigenvalue weighted by Gasteiger charge is 2.20. The van der Waals surface area contributed by atoms with Crippen molar-refractivity contribution >= 4 is 5.97 Å². The van der Waals surface area contributed by atoms with Crippen molar-refractivity contribution in [2.45, 2.75) is 13.0 Å². The van der Waals surface area contributed by atoms with Gasteiger partial charge in [-0.05, 0) is 17.7 Å². The van der Waals surface area contributed by atoms with Crippen molar-refractivity contribution in [2.75, 3.05) is 0 Å². The maximum absolute atomic E-state index is 12.6. The first-order valence-electron chi connectivity index (χ1n) is 4.29. The normalized spacial score (nSPS) is 10.2. The molecule has 0 amide bonds. The lowest BCUT2D eigenvalue weighted by molar-refractivity contribution is 0.0695. The van der Waals surface area contributed by atoms with E-state index in [0.717, 1.165) is 12.1 Å². The molecule has 0 aliphatic rings. The van der Waals surface area contributed by atoms with Crippen LogP contribution in [-0.2, 0) is 6.54 Å². The highest BCUT2D eigenvalue weighted by atomic mass is 19.3. The topological polar surface area (TPSA) is 87.1 Å². The summed E-state index contributed by atoms with van der Waals surface area (Å²) in [6, 6.07) is 3.63. The van der Waals surface area contributed by atoms with Crippen molar-refractivity contribution in [1.29, 1.82) is 5.26 Å². The van der Waals surface area contributed by atoms with Gasteiger partial charge in [-0.1, -0.05) is 0 Å². The van der Waals surface area contributed by atoms with Crippen molar-refractivity contribution in [3.8, 4) is 6.07 Å². The zero-order chi connectivity index (χ0) is 12.3. The number of benzene rings is 1. The van der Waals surface area contributed by atoms with Gasteiger partial charge in [-0.3, -0.25) is 0 Å². The van der Waals surface area contributed by atoms with Gasteiger partial charge >= 0.3 is 5.97 Å². The predicted molar refractivity (Wildman–Crippen MR) is 51.0 cm³/mol. The van der Waals surface area contributed by atoms with Crippen LogP contribution in [0.15, 0.2) is 12.1 Å². The lowest BCUT2D eigenvalue weighted by Crippen LogP contribution is -2.11. The third-order valence-electron chi connectivity index (χ3n) is 2.08. The van der Waals surface area contributed by atoms with Crippen molar-refractivity contribution in [1.82, 2.24) is 0 Å². The number of alkyl halides is 2. The third-order valence-corrected chi connectivity index (χ3v) is 2.08. The summed E-state index contributed by atoms with van der Waals surface area (Å²) in [5.41, 5.74) is 4.13. The predicted octanol–water partition coefficient (Wildman–Crippen LogP) is 1.65. The van der Waals surface area contributed by atoms with E-state index in [9.17, 15) is 13.6 Å². The quantitative estimate of drug-likeness (QED) is 0.820. The minimum Gasteiger partial charge on any atom is -0.478 e. The molecule has 84 valence electrons. The lowest BCUT2D eigenvalue weighted by Gasteiger charge is -2.10. The van der Waals surface area contributed by atoms with E-state index >= 15 is 0 Å². The van der Waals surface area contributed by atoms with E-state index in [0.29, 0.717) is 0 Å². The van der Waals surface area contributed by atoms with Crippen LogP contribution >= 0.6 is 0 Å². The molecule has 0 unspecified atom stereocenters. The lowest BCUT2D eigenvalue weighted by atomic mass is 9.98. The Bertz CT molecular complexity index is 467. The van der Waals surface area contributed by atoms with Crippen molar-refractivity contribution in [3.63, 3.8) is 0 Å². The molecular formula is C10H8F2N2O2. The van der Waals surface area contributed by atoms with Crippen molar-refractivity contribution < 1.29 is 18.7 Å². The van der Waals surface area contributed by atoms with Gasteiger partial charge < -0.3 is 10.8 Å². The van der Waals surface area contributed by atoms with Gasteiger partial charge in [-0.15, -0.1) is 0 Å². The molecule has 1 aromatic rings. The van der Waals surface area contributed by atoms with E-state index in [1.54, 1.807) is 6.07 Å². The van der Waals surface area contributed by atoms with Gasteiger partial charge in [0.25, 0.3) is 6.43 Å². The maximum atomic E-state index is 12.6. The molecule has 6 heteroatoms. The molecule has 3 N–H and O–H groups in total. The summed E-state index contributed by atoms with van der Waals surface area (Å²) in [5, 5.41) is 17.4. The number of carboxylic acid groups (broad SMARTS) is 1. The average Bonchev–Trinajstić information content (AvgIpc) is 2.26. The van der Waals surface area contributed by atoms with Gasteiger partial charge in [0.05, 0.1) is 17.2 Å². The summed E-state index contributed by atoms with van der Waals surface area (Å²) >= 11 is 0. The number of aromatic carboxylic acids is 1. The molecule has 0 fully saturated rings. The summed E-state index contributed by atoms with van der Waals surface area (Å²) in [6.45, 7) is -0.312. The van der Waals surface area contributed by atoms with Crippen LogP contribution in [0.5, 0.6) is 0 Å². The molecule has 0 saturated heterocycles. The number of hydrogen-bond donors (Lipinski definition) is 2. The van der Waals surface area contributed by atoms with E-state index in [1.807, 2.05) is 0 Å². The molecule has 0 aliphatic carbocycles. The second-order valence-corrected chi connectivity index (χ2v) is 3.01. The molecule has 4 nitrogen and oxygen atoms in total. The summed E-state index contributed by atoms with van der Waals surface area (Å²) in [7, 11) is 0. The summed E-state index contributed by atoms with van der Waals surface area (Å²) in [4.78, 5) is 10.8. The molecule has 1 aromatic carbocycles. The van der Waals surface area contributed by atoms with Gasteiger partial charge in [0.15, 0.2) is 0 Å². The third kappa shape index (κ3) is 2.15. The van der Waals surface area contributed by atoms with Crippen LogP contribution in [0.4, 0.5) is 8.78 Å². The number of carbonyl (C=O) groups is 1. The Morgan fingerprint density at radius 1 is 1.56 bits per heavy atom. The fraction of sp³-hybridized carbons (Fsp3) is 0.200. The minimum absolute atomic E-state index is 0.120. The largest absolute Gasteiger partial charge is 0.478 e. The van der Waals surface area contributed by atoms with Gasteiger partial charge in [0, 0.05) is 12.1 Å². The Kier molecular flexibility index (Phi) is 3.53. The Hall–Kier alpha value is -2.00. The zero-order valence-corrected chi connectivity index (χ0v) is 8.08. The summed E-state index contributed by atoms with van der Waals surface area (Å²) in [5.74, 6) is -1.38. The zero-order valence-electron chi connectivity index (χ0n) is 8.08. The van der Waals surface area contributed by atoms with E-state index in [1.165, 1.54) is 0 Å². The van der Waals surface area contributed by atoms with E-state index in [-0.39, 0.29) is 23.2 Å². The first-order valence-corrected chi connectivity index (χ1v) is 4.29. The van der Waals surface area contributed by atoms with E-state index < -0.39 is 18.0 Å². The van der Waals surface area contributed by atoms with Crippen LogP contribution in [0.1, 0.15) is 33.5 Å². The maximum Gasteiger partial charge on any atom is 0.336 e. The highest BCUT2D eigenvalue weighted by Crippen LogP contribution is 2.27. The number of carboxylic acids is 1. The van der Waals surface area contributed by atoms with Crippen molar-refractivity contribution in [3.05, 3.63) is 34.4 Å². The molecule has 0 atom stereocenters. The van der Waals surface area contributed by atoms with E-state index in [4.69, 9.17) is 16.1 Å². The number of halogens is 2. The Balaban J connectivity index is 3.54. The van der Waals surface area contributed by atoms with Gasteiger partial charge in [-0.25, -0.2) is 13.6 Å². The number of hydrogen-bond acceptors (Lipinski definition) is 3. The number of nitrogens with zero attached hydrogens (tertiary/aromatic N) is 1. The fourth-order valence-electron chi connectivity index (χ4n) is 1.37. The fourth-order valence-corrected chi connectivity index (χ4v) is 1.37. The SMILES string of the molecule is N#Cc1cc(C(=O)O)c(CN)c(C(F)F)c1. The highest BCUT2D eigenvalue weighted by molar-refractivity contribution is 5.90. The average molecular weight is 226 g/mol. The molecule has 1 rings (SSSR count). The second kappa shape index (κ2) is 4.68. The molecule has 0 radical (unpaired) electrons. The van der Waals surface area contributed by atoms with Gasteiger partial charge in [0.2, 0.25) is 0 Å². The smallest absolute Gasteiger partial charge is 0.336 e. The number of rotatable bonds is 3. The monoisotopic (exact) mass is 226 g/mol. The Morgan fingerprint density at radius 3 is 2.56 bits per heavy atom. The molecular weight excluding hydrogens is 218 g/mol. The molecule has 0 bridgehead atoms. The Morgan fingerprint density at radius 2 is 2.19 bits per heavy atom. The minimum atomic E-state index is -2.86. The van der Waals surface area contributed by atoms with Crippen LogP contribution in [-0.4, -0.2) is 11.1 Å². The van der Waals surface area contributed by atoms with Gasteiger partial charge in [0.1, 0.15) is 0 Å². The van der Waals surface area contributed by atoms with Crippen LogP contribution in [0.25, 0.3) is 0 Å². The molecule has 0 aromatic heterocycles. The second-order valence-electron chi connectivity index (χ2n) is 3.01. The van der Waals surface area contributed by atoms with Crippen LogP contribution < -0.4 is 5.73 Å². The Labute approximate surface area is 89.9 Å². The molecule has 0 heterocycles. The standard InChI is InChI=1S/C10H8F2N2O2/c11-9(12)6-1-5(3-13)2-7(10(15)16)8(6)4-14/h1-2,9H,4,14H2,(H,15,16). The molecule has 0 spiro atoms. The number of nitrogens with two attached hydrogens (primary N) is 1. The van der Waals surface area contributed by atoms with Crippen LogP contribution in [0.2, 0.25) is 0 Å². The number of nitriles is 1. The van der Waals surface area contributed by atoms with E-state index in [2.05, 4.69) is 0 Å². The molecule has 0 saturated carbocycles. The van der Waals surface area contributed by atoms with Gasteiger partial charge in [-0.2, -0.15) is 5.26 Å².